The van der Waals surface area contributed by atoms with E-state index >= 15 is 0 Å². The maximum absolute atomic E-state index is 12.8. The lowest BCUT2D eigenvalue weighted by atomic mass is 9.87. The number of rotatable bonds is 34. The Kier molecular flexibility index (Phi) is 23.8. The highest BCUT2D eigenvalue weighted by molar-refractivity contribution is 8.14. The van der Waals surface area contributed by atoms with Crippen molar-refractivity contribution in [3.63, 3.8) is 0 Å². The predicted molar refractivity (Wildman–Crippen MR) is 252 cm³/mol. The Morgan fingerprint density at radius 2 is 1.54 bits per heavy atom. The van der Waals surface area contributed by atoms with Crippen LogP contribution in [-0.4, -0.2) is 129 Å². The third-order valence-corrected chi connectivity index (χ3v) is 14.7. The summed E-state index contributed by atoms with van der Waals surface area (Å²) in [6.45, 7) is 3.07. The van der Waals surface area contributed by atoms with E-state index in [1.54, 1.807) is 6.07 Å². The van der Waals surface area contributed by atoms with E-state index in [2.05, 4.69) is 41.3 Å². The summed E-state index contributed by atoms with van der Waals surface area (Å²) in [6, 6.07) is 3.12. The molecular formula is C40H66N7O19P3S. The molecule has 4 heterocycles. The Hall–Kier alpha value is -3.36. The van der Waals surface area contributed by atoms with Crippen molar-refractivity contribution in [2.45, 2.75) is 135 Å². The first-order valence-corrected chi connectivity index (χ1v) is 28.3. The highest BCUT2D eigenvalue weighted by Crippen LogP contribution is 2.61. The monoisotopic (exact) mass is 1070 g/mol. The van der Waals surface area contributed by atoms with Gasteiger partial charge in [-0.05, 0) is 12.5 Å². The number of aliphatic hydroxyl groups is 2. The van der Waals surface area contributed by atoms with Crippen LogP contribution in [0.15, 0.2) is 29.2 Å². The second-order valence-electron chi connectivity index (χ2n) is 17.1. The van der Waals surface area contributed by atoms with Crippen LogP contribution in [0.1, 0.15) is 121 Å². The number of nitrogens with zero attached hydrogens (tertiary/aromatic N) is 4. The molecule has 10 N–H and O–H groups in total. The number of nitrogens with one attached hydrogen (secondary N) is 2. The van der Waals surface area contributed by atoms with Crippen molar-refractivity contribution in [1.82, 2.24) is 30.2 Å². The van der Waals surface area contributed by atoms with Gasteiger partial charge in [-0.3, -0.25) is 32.5 Å². The molecule has 1 aliphatic rings. The van der Waals surface area contributed by atoms with Crippen molar-refractivity contribution < 1.29 is 89.6 Å². The molecule has 2 amide bonds. The number of hydrogen-bond donors (Lipinski definition) is 9. The molecular weight excluding hydrogens is 1010 g/mol. The first-order valence-electron chi connectivity index (χ1n) is 22.8. The van der Waals surface area contributed by atoms with Crippen LogP contribution in [-0.2, 0) is 45.9 Å². The van der Waals surface area contributed by atoms with E-state index in [0.29, 0.717) is 6.61 Å². The molecule has 3 aromatic rings. The number of furan rings is 1. The molecule has 0 radical (unpaired) electrons. The summed E-state index contributed by atoms with van der Waals surface area (Å²) in [5.41, 5.74) is 4.25. The quantitative estimate of drug-likeness (QED) is 0.0290. The van der Waals surface area contributed by atoms with Gasteiger partial charge in [0.25, 0.3) is 11.1 Å². The van der Waals surface area contributed by atoms with Crippen LogP contribution in [0.2, 0.25) is 0 Å². The number of unbranched alkanes of at least 4 members (excludes halogenated alkanes) is 11. The fourth-order valence-corrected chi connectivity index (χ4v) is 10.4. The largest absolute Gasteiger partial charge is 0.481 e. The molecule has 0 aliphatic carbocycles. The fourth-order valence-electron chi connectivity index (χ4n) is 6.97. The molecule has 0 saturated carbocycles. The molecule has 1 aliphatic heterocycles. The summed E-state index contributed by atoms with van der Waals surface area (Å²) in [6.07, 6.45) is 7.78. The zero-order valence-corrected chi connectivity index (χ0v) is 42.7. The summed E-state index contributed by atoms with van der Waals surface area (Å²) in [5.74, 6) is -0.908. The van der Waals surface area contributed by atoms with Gasteiger partial charge in [0.1, 0.15) is 36.3 Å². The van der Waals surface area contributed by atoms with Crippen LogP contribution < -0.4 is 21.1 Å². The Bertz CT molecular complexity index is 2280. The number of carbonyl (C=O) groups excluding carboxylic acids is 3. The number of thioether (sulfide) groups is 1. The second kappa shape index (κ2) is 28.2. The topological polar surface area (TPSA) is 386 Å². The molecule has 0 bridgehead atoms. The number of carbonyl (C=O) groups is 3. The van der Waals surface area contributed by atoms with E-state index in [1.165, 1.54) is 77.7 Å². The highest BCUT2D eigenvalue weighted by atomic mass is 32.2. The van der Waals surface area contributed by atoms with E-state index < -0.39 is 84.6 Å². The average Bonchev–Trinajstić information content (AvgIpc) is 4.02. The van der Waals surface area contributed by atoms with Crippen LogP contribution >= 0.6 is 35.2 Å². The van der Waals surface area contributed by atoms with Crippen molar-refractivity contribution in [2.75, 3.05) is 44.4 Å². The maximum atomic E-state index is 12.8. The van der Waals surface area contributed by atoms with E-state index in [1.807, 2.05) is 0 Å². The van der Waals surface area contributed by atoms with E-state index in [9.17, 15) is 57.9 Å². The minimum absolute atomic E-state index is 0.0272. The van der Waals surface area contributed by atoms with Crippen molar-refractivity contribution in [2.24, 2.45) is 5.41 Å². The van der Waals surface area contributed by atoms with Crippen LogP contribution in [0.3, 0.4) is 0 Å². The molecule has 70 heavy (non-hydrogen) atoms. The fraction of sp³-hybridized carbons (Fsp3) is 0.700. The van der Waals surface area contributed by atoms with Gasteiger partial charge in [-0.25, -0.2) is 28.6 Å². The molecule has 3 aromatic heterocycles. The number of aromatic nitrogens is 4. The number of amides is 2. The molecule has 4 rings (SSSR count). The number of nitrogens with two attached hydrogens (primary N) is 1. The molecule has 0 spiro atoms. The molecule has 1 saturated heterocycles. The number of phosphoric acid groups is 3. The third-order valence-electron chi connectivity index (χ3n) is 10.8. The van der Waals surface area contributed by atoms with Gasteiger partial charge in [0, 0.05) is 36.7 Å². The van der Waals surface area contributed by atoms with Gasteiger partial charge in [-0.2, -0.15) is 4.31 Å². The van der Waals surface area contributed by atoms with Crippen LogP contribution in [0.5, 0.6) is 5.95 Å². The number of ether oxygens (including phenoxy) is 2. The van der Waals surface area contributed by atoms with Gasteiger partial charge >= 0.3 is 23.5 Å². The maximum Gasteiger partial charge on any atom is 0.481 e. The number of phosphoric ester groups is 3. The zero-order valence-electron chi connectivity index (χ0n) is 39.2. The Morgan fingerprint density at radius 1 is 0.900 bits per heavy atom. The van der Waals surface area contributed by atoms with Gasteiger partial charge in [0.15, 0.2) is 23.5 Å². The Labute approximate surface area is 408 Å². The Balaban J connectivity index is 1.10. The summed E-state index contributed by atoms with van der Waals surface area (Å²) in [5, 5.41) is 26.2. The molecule has 1 fully saturated rings. The van der Waals surface area contributed by atoms with Crippen molar-refractivity contribution in [1.29, 1.82) is 0 Å². The van der Waals surface area contributed by atoms with Gasteiger partial charge in [0.2, 0.25) is 11.8 Å². The third kappa shape index (κ3) is 19.9. The normalized spacial score (nSPS) is 19.7. The van der Waals surface area contributed by atoms with E-state index in [4.69, 9.17) is 28.7 Å². The standard InChI is InChI=1S/C40H66N7O19P3S/c1-4-5-6-7-8-9-10-11-12-13-14-15-21-60-30-17-16-27(63-30)39(52)70-22-20-42-29(48)18-19-43-37(51)34(50)40(2,3)24-62-69(58,59)66-68(56,57)61-23-28-33(65-67(53,54)55)32(49)38(64-28)47-26-46-31-35(41)44-25-45-36(31)47/h16-17,25-26,28,32-34,38,49-50H,4-15,18-24H2,1-3H3,(H,42,48)(H,43,51)(H,56,57)(H,58,59)(H2,41,44,45)(H2,53,54,55). The summed E-state index contributed by atoms with van der Waals surface area (Å²) in [4.78, 5) is 88.8. The smallest absolute Gasteiger partial charge is 0.465 e. The SMILES string of the molecule is CCCCCCCCCCCCCCOc1ccc(C(=O)SCCNC(=O)CCNC(=O)C(O)C(C)(C)COP(=O)(O)OP(=O)(O)OCC2OC(n3cnc4c(N)ncnc43)C(O)C2OP(=O)(O)O)o1. The number of aliphatic hydroxyl groups excluding tert-OH is 2. The second-order valence-corrected chi connectivity index (χ2v) is 22.4. The first-order chi connectivity index (χ1) is 33.0. The summed E-state index contributed by atoms with van der Waals surface area (Å²) in [7, 11) is -16.5. The minimum atomic E-state index is -5.59. The zero-order chi connectivity index (χ0) is 51.5. The van der Waals surface area contributed by atoms with Gasteiger partial charge in [-0.1, -0.05) is 103 Å². The van der Waals surface area contributed by atoms with Crippen LogP contribution in [0.25, 0.3) is 11.2 Å². The molecule has 7 atom stereocenters. The number of hydrogen-bond acceptors (Lipinski definition) is 20. The highest BCUT2D eigenvalue weighted by Gasteiger charge is 2.50. The summed E-state index contributed by atoms with van der Waals surface area (Å²) >= 11 is 0.935. The van der Waals surface area contributed by atoms with Crippen LogP contribution in [0.4, 0.5) is 5.82 Å². The van der Waals surface area contributed by atoms with Crippen molar-refractivity contribution in [3.05, 3.63) is 30.5 Å². The van der Waals surface area contributed by atoms with Crippen LogP contribution in [0, 0.1) is 5.41 Å². The van der Waals surface area contributed by atoms with E-state index in [-0.39, 0.29) is 59.1 Å². The van der Waals surface area contributed by atoms with Gasteiger partial charge in [0.05, 0.1) is 26.1 Å². The lowest BCUT2D eigenvalue weighted by Crippen LogP contribution is -2.46. The molecule has 396 valence electrons. The molecule has 0 aromatic carbocycles. The number of imidazole rings is 1. The Morgan fingerprint density at radius 3 is 2.20 bits per heavy atom. The molecule has 7 unspecified atom stereocenters. The molecule has 26 nitrogen and oxygen atoms in total. The minimum Gasteiger partial charge on any atom is -0.465 e. The number of nitrogen functional groups attached to an aromatic ring is 1. The van der Waals surface area contributed by atoms with Crippen molar-refractivity contribution in [3.8, 4) is 5.95 Å². The van der Waals surface area contributed by atoms with Gasteiger partial charge in [-0.15, -0.1) is 0 Å². The summed E-state index contributed by atoms with van der Waals surface area (Å²) < 4.78 is 73.6. The first kappa shape index (κ1) is 59.2. The lowest BCUT2D eigenvalue weighted by molar-refractivity contribution is -0.137. The lowest BCUT2D eigenvalue weighted by Gasteiger charge is -2.30. The number of fused-ring (bicyclic) bond motifs is 1. The van der Waals surface area contributed by atoms with Crippen molar-refractivity contribution >= 4 is 69.1 Å². The van der Waals surface area contributed by atoms with E-state index in [0.717, 1.165) is 48.2 Å². The van der Waals surface area contributed by atoms with Gasteiger partial charge < -0.3 is 60.0 Å². The average molecular weight is 1070 g/mol. The predicted octanol–water partition coefficient (Wildman–Crippen LogP) is 4.65. The number of anilines is 1. The molecule has 30 heteroatoms.